The van der Waals surface area contributed by atoms with Gasteiger partial charge in [-0.3, -0.25) is 14.8 Å². The standard InChI is InChI=1S/C22H23FN6O/c1-14(30)28-8-5-22(2,13-28)20-19(24-6-7-25-20)16-11-29(12-16)21-26-10-15-9-17(23)3-4-18(15)27-21/h3-4,6-7,9-10,16H,5,8,11-13H2,1-2H3/t22-/m0/s1. The number of fused-ring (bicyclic) bond motifs is 1. The minimum atomic E-state index is -0.290. The zero-order chi connectivity index (χ0) is 20.9. The Morgan fingerprint density at radius 2 is 2.00 bits per heavy atom. The Hall–Kier alpha value is -3.16. The highest BCUT2D eigenvalue weighted by Gasteiger charge is 2.42. The summed E-state index contributed by atoms with van der Waals surface area (Å²) in [5.41, 5.74) is 2.55. The number of hydrogen-bond acceptors (Lipinski definition) is 6. The third-order valence-corrected chi connectivity index (χ3v) is 6.30. The van der Waals surface area contributed by atoms with Crippen LogP contribution in [0, 0.1) is 5.82 Å². The summed E-state index contributed by atoms with van der Waals surface area (Å²) < 4.78 is 13.4. The van der Waals surface area contributed by atoms with Crippen molar-refractivity contribution in [2.45, 2.75) is 31.6 Å². The molecule has 154 valence electrons. The molecule has 7 nitrogen and oxygen atoms in total. The SMILES string of the molecule is CC(=O)N1CC[C@](C)(c2nccnc2C2CN(c3ncc4cc(F)ccc4n3)C2)C1. The van der Waals surface area contributed by atoms with Crippen molar-refractivity contribution in [1.82, 2.24) is 24.8 Å². The van der Waals surface area contributed by atoms with Gasteiger partial charge in [0.2, 0.25) is 11.9 Å². The fraction of sp³-hybridized carbons (Fsp3) is 0.409. The molecule has 2 aliphatic heterocycles. The van der Waals surface area contributed by atoms with Crippen LogP contribution in [0.1, 0.15) is 37.6 Å². The summed E-state index contributed by atoms with van der Waals surface area (Å²) in [6, 6.07) is 4.53. The average molecular weight is 406 g/mol. The summed E-state index contributed by atoms with van der Waals surface area (Å²) in [6.07, 6.45) is 6.03. The molecule has 2 saturated heterocycles. The van der Waals surface area contributed by atoms with Crippen LogP contribution in [0.4, 0.5) is 10.3 Å². The van der Waals surface area contributed by atoms with Gasteiger partial charge in [0.25, 0.3) is 0 Å². The maximum Gasteiger partial charge on any atom is 0.225 e. The van der Waals surface area contributed by atoms with E-state index in [1.54, 1.807) is 31.6 Å². The van der Waals surface area contributed by atoms with Crippen LogP contribution >= 0.6 is 0 Å². The Morgan fingerprint density at radius 1 is 1.20 bits per heavy atom. The van der Waals surface area contributed by atoms with Gasteiger partial charge < -0.3 is 9.80 Å². The smallest absolute Gasteiger partial charge is 0.225 e. The Balaban J connectivity index is 1.36. The van der Waals surface area contributed by atoms with E-state index in [1.165, 1.54) is 12.1 Å². The second-order valence-electron chi connectivity index (χ2n) is 8.52. The Morgan fingerprint density at radius 3 is 2.77 bits per heavy atom. The second-order valence-corrected chi connectivity index (χ2v) is 8.52. The molecule has 30 heavy (non-hydrogen) atoms. The number of likely N-dealkylation sites (tertiary alicyclic amines) is 1. The fourth-order valence-electron chi connectivity index (χ4n) is 4.50. The molecule has 0 bridgehead atoms. The van der Waals surface area contributed by atoms with Gasteiger partial charge in [-0.2, -0.15) is 0 Å². The first-order valence-corrected chi connectivity index (χ1v) is 10.2. The molecule has 0 spiro atoms. The molecule has 1 atom stereocenters. The summed E-state index contributed by atoms with van der Waals surface area (Å²) in [7, 11) is 0. The van der Waals surface area contributed by atoms with Crippen LogP contribution in [-0.4, -0.2) is 56.9 Å². The van der Waals surface area contributed by atoms with Gasteiger partial charge in [-0.25, -0.2) is 14.4 Å². The Bertz CT molecular complexity index is 1130. The maximum absolute atomic E-state index is 13.4. The van der Waals surface area contributed by atoms with Crippen LogP contribution in [0.15, 0.2) is 36.8 Å². The van der Waals surface area contributed by atoms with Crippen molar-refractivity contribution < 1.29 is 9.18 Å². The normalized spacial score (nSPS) is 21.8. The molecule has 5 rings (SSSR count). The van der Waals surface area contributed by atoms with Gasteiger partial charge in [-0.05, 0) is 24.6 Å². The maximum atomic E-state index is 13.4. The largest absolute Gasteiger partial charge is 0.342 e. The molecule has 1 amide bonds. The molecule has 3 aromatic rings. The molecule has 0 aliphatic carbocycles. The van der Waals surface area contributed by atoms with E-state index in [1.807, 2.05) is 4.90 Å². The number of hydrogen-bond donors (Lipinski definition) is 0. The number of anilines is 1. The zero-order valence-corrected chi connectivity index (χ0v) is 17.0. The molecular weight excluding hydrogens is 383 g/mol. The van der Waals surface area contributed by atoms with E-state index in [4.69, 9.17) is 4.98 Å². The molecule has 2 aromatic heterocycles. The van der Waals surface area contributed by atoms with Crippen molar-refractivity contribution in [3.63, 3.8) is 0 Å². The van der Waals surface area contributed by atoms with E-state index in [0.717, 1.165) is 43.0 Å². The first-order chi connectivity index (χ1) is 14.4. The van der Waals surface area contributed by atoms with E-state index in [0.29, 0.717) is 17.9 Å². The molecule has 1 aromatic carbocycles. The molecule has 0 N–H and O–H groups in total. The number of carbonyl (C=O) groups excluding carboxylic acids is 1. The summed E-state index contributed by atoms with van der Waals surface area (Å²) in [5, 5.41) is 0.691. The predicted molar refractivity (Wildman–Crippen MR) is 111 cm³/mol. The van der Waals surface area contributed by atoms with Gasteiger partial charge in [-0.15, -0.1) is 0 Å². The highest BCUT2D eigenvalue weighted by molar-refractivity contribution is 5.78. The minimum absolute atomic E-state index is 0.104. The van der Waals surface area contributed by atoms with Crippen LogP contribution in [0.2, 0.25) is 0 Å². The van der Waals surface area contributed by atoms with Gasteiger partial charge in [0.15, 0.2) is 0 Å². The molecule has 0 radical (unpaired) electrons. The molecule has 2 aliphatic rings. The monoisotopic (exact) mass is 406 g/mol. The summed E-state index contributed by atoms with van der Waals surface area (Å²) in [4.78, 5) is 34.1. The zero-order valence-electron chi connectivity index (χ0n) is 17.0. The molecule has 2 fully saturated rings. The molecule has 0 saturated carbocycles. The highest BCUT2D eigenvalue weighted by atomic mass is 19.1. The Kier molecular flexibility index (Phi) is 4.38. The van der Waals surface area contributed by atoms with Crippen LogP contribution in [-0.2, 0) is 10.2 Å². The van der Waals surface area contributed by atoms with Gasteiger partial charge in [-0.1, -0.05) is 6.92 Å². The lowest BCUT2D eigenvalue weighted by atomic mass is 9.80. The molecular formula is C22H23FN6O. The number of benzene rings is 1. The third kappa shape index (κ3) is 3.16. The fourth-order valence-corrected chi connectivity index (χ4v) is 4.50. The number of rotatable bonds is 3. The first kappa shape index (κ1) is 18.8. The van der Waals surface area contributed by atoms with Crippen molar-refractivity contribution in [3.8, 4) is 0 Å². The lowest BCUT2D eigenvalue weighted by Crippen LogP contribution is -2.47. The summed E-state index contributed by atoms with van der Waals surface area (Å²) in [6.45, 7) is 6.73. The summed E-state index contributed by atoms with van der Waals surface area (Å²) in [5.74, 6) is 0.698. The van der Waals surface area contributed by atoms with Gasteiger partial charge in [0.05, 0.1) is 16.9 Å². The van der Waals surface area contributed by atoms with E-state index in [2.05, 4.69) is 26.8 Å². The van der Waals surface area contributed by atoms with Crippen molar-refractivity contribution >= 4 is 22.8 Å². The highest BCUT2D eigenvalue weighted by Crippen LogP contribution is 2.39. The van der Waals surface area contributed by atoms with Gasteiger partial charge >= 0.3 is 0 Å². The van der Waals surface area contributed by atoms with Crippen molar-refractivity contribution in [2.24, 2.45) is 0 Å². The predicted octanol–water partition coefficient (Wildman–Crippen LogP) is 2.67. The van der Waals surface area contributed by atoms with E-state index >= 15 is 0 Å². The number of carbonyl (C=O) groups is 1. The van der Waals surface area contributed by atoms with Crippen molar-refractivity contribution in [1.29, 1.82) is 0 Å². The second kappa shape index (κ2) is 6.97. The number of nitrogens with zero attached hydrogens (tertiary/aromatic N) is 6. The van der Waals surface area contributed by atoms with Crippen molar-refractivity contribution in [3.05, 3.63) is 54.0 Å². The molecule has 4 heterocycles. The number of halogens is 1. The Labute approximate surface area is 174 Å². The van der Waals surface area contributed by atoms with Crippen LogP contribution in [0.3, 0.4) is 0 Å². The minimum Gasteiger partial charge on any atom is -0.342 e. The topological polar surface area (TPSA) is 75.1 Å². The first-order valence-electron chi connectivity index (χ1n) is 10.2. The summed E-state index contributed by atoms with van der Waals surface area (Å²) >= 11 is 0. The number of amides is 1. The van der Waals surface area contributed by atoms with Crippen LogP contribution in [0.25, 0.3) is 10.9 Å². The van der Waals surface area contributed by atoms with E-state index < -0.39 is 0 Å². The third-order valence-electron chi connectivity index (χ3n) is 6.30. The quantitative estimate of drug-likeness (QED) is 0.666. The van der Waals surface area contributed by atoms with Gasteiger partial charge in [0.1, 0.15) is 5.82 Å². The molecule has 8 heteroatoms. The van der Waals surface area contributed by atoms with Crippen LogP contribution in [0.5, 0.6) is 0 Å². The van der Waals surface area contributed by atoms with Crippen LogP contribution < -0.4 is 4.90 Å². The molecule has 0 unspecified atom stereocenters. The lowest BCUT2D eigenvalue weighted by molar-refractivity contribution is -0.127. The van der Waals surface area contributed by atoms with Gasteiger partial charge in [0, 0.05) is 68.4 Å². The number of aromatic nitrogens is 4. The van der Waals surface area contributed by atoms with E-state index in [9.17, 15) is 9.18 Å². The van der Waals surface area contributed by atoms with E-state index in [-0.39, 0.29) is 23.1 Å². The lowest BCUT2D eigenvalue weighted by Gasteiger charge is -2.40. The average Bonchev–Trinajstić information content (AvgIpc) is 3.11. The van der Waals surface area contributed by atoms with Crippen molar-refractivity contribution in [2.75, 3.05) is 31.1 Å².